The molecule has 0 saturated carbocycles. The molecule has 1 aromatic carbocycles. The maximum atomic E-state index is 12.8. The van der Waals surface area contributed by atoms with Gasteiger partial charge in [0.15, 0.2) is 0 Å². The Balaban J connectivity index is 1.31. The Hall–Kier alpha value is -2.67. The van der Waals surface area contributed by atoms with Crippen LogP contribution in [0.4, 0.5) is 0 Å². The topological polar surface area (TPSA) is 61.7 Å². The largest absolute Gasteiger partial charge is 0.342 e. The lowest BCUT2D eigenvalue weighted by Gasteiger charge is -2.35. The van der Waals surface area contributed by atoms with Crippen molar-refractivity contribution in [1.82, 2.24) is 24.5 Å². The highest BCUT2D eigenvalue weighted by Crippen LogP contribution is 2.15. The first-order valence-corrected chi connectivity index (χ1v) is 10.0. The zero-order valence-corrected chi connectivity index (χ0v) is 16.4. The van der Waals surface area contributed by atoms with Crippen molar-refractivity contribution in [2.75, 3.05) is 45.8 Å². The van der Waals surface area contributed by atoms with Gasteiger partial charge in [0.25, 0.3) is 5.91 Å². The van der Waals surface area contributed by atoms with Crippen LogP contribution in [0.2, 0.25) is 0 Å². The molecular formula is C21H27N5O2. The van der Waals surface area contributed by atoms with Gasteiger partial charge in [-0.3, -0.25) is 14.5 Å². The van der Waals surface area contributed by atoms with Crippen molar-refractivity contribution in [1.29, 1.82) is 0 Å². The van der Waals surface area contributed by atoms with Crippen LogP contribution in [0.5, 0.6) is 0 Å². The van der Waals surface area contributed by atoms with E-state index in [-0.39, 0.29) is 11.8 Å². The van der Waals surface area contributed by atoms with Gasteiger partial charge < -0.3 is 9.80 Å². The van der Waals surface area contributed by atoms with Crippen molar-refractivity contribution in [3.63, 3.8) is 0 Å². The Morgan fingerprint density at radius 2 is 1.57 bits per heavy atom. The minimum Gasteiger partial charge on any atom is -0.342 e. The molecule has 2 saturated heterocycles. The summed E-state index contributed by atoms with van der Waals surface area (Å²) in [5.41, 5.74) is 2.69. The minimum atomic E-state index is 0.0502. The fraction of sp³-hybridized carbons (Fsp3) is 0.476. The second-order valence-corrected chi connectivity index (χ2v) is 7.59. The van der Waals surface area contributed by atoms with Gasteiger partial charge in [-0.2, -0.15) is 5.10 Å². The fourth-order valence-corrected chi connectivity index (χ4v) is 3.93. The average Bonchev–Trinajstić information content (AvgIpc) is 3.40. The molecule has 2 aliphatic heterocycles. The summed E-state index contributed by atoms with van der Waals surface area (Å²) >= 11 is 0. The Morgan fingerprint density at radius 1 is 0.893 bits per heavy atom. The number of hydrogen-bond donors (Lipinski definition) is 0. The number of nitrogens with zero attached hydrogens (tertiary/aromatic N) is 5. The van der Waals surface area contributed by atoms with Crippen LogP contribution >= 0.6 is 0 Å². The molecule has 1 aromatic heterocycles. The van der Waals surface area contributed by atoms with Gasteiger partial charge in [-0.05, 0) is 50.1 Å². The van der Waals surface area contributed by atoms with Crippen LogP contribution in [0, 0.1) is 6.92 Å². The van der Waals surface area contributed by atoms with Gasteiger partial charge in [0.2, 0.25) is 5.91 Å². The van der Waals surface area contributed by atoms with Crippen molar-refractivity contribution in [2.45, 2.75) is 19.8 Å². The summed E-state index contributed by atoms with van der Waals surface area (Å²) in [5.74, 6) is 0.274. The summed E-state index contributed by atoms with van der Waals surface area (Å²) in [6, 6.07) is 9.54. The fourth-order valence-electron chi connectivity index (χ4n) is 3.93. The number of carbonyl (C=O) groups is 2. The van der Waals surface area contributed by atoms with Crippen LogP contribution in [0.1, 0.15) is 28.9 Å². The maximum Gasteiger partial charge on any atom is 0.253 e. The molecule has 3 heterocycles. The summed E-state index contributed by atoms with van der Waals surface area (Å²) in [6.07, 6.45) is 4.00. The van der Waals surface area contributed by atoms with Crippen LogP contribution in [-0.2, 0) is 4.79 Å². The molecule has 148 valence electrons. The predicted octanol–water partition coefficient (Wildman–Crippen LogP) is 1.56. The van der Waals surface area contributed by atoms with E-state index >= 15 is 0 Å². The molecule has 7 nitrogen and oxygen atoms in total. The van der Waals surface area contributed by atoms with Gasteiger partial charge in [-0.25, -0.2) is 4.68 Å². The van der Waals surface area contributed by atoms with Crippen molar-refractivity contribution in [3.8, 4) is 5.69 Å². The number of likely N-dealkylation sites (tertiary alicyclic amines) is 1. The van der Waals surface area contributed by atoms with E-state index in [2.05, 4.69) is 10.00 Å². The first kappa shape index (κ1) is 18.7. The Morgan fingerprint density at radius 3 is 2.18 bits per heavy atom. The molecular weight excluding hydrogens is 354 g/mol. The molecule has 0 unspecified atom stereocenters. The predicted molar refractivity (Wildman–Crippen MR) is 106 cm³/mol. The number of hydrogen-bond acceptors (Lipinski definition) is 4. The summed E-state index contributed by atoms with van der Waals surface area (Å²) < 4.78 is 1.85. The number of amides is 2. The Kier molecular flexibility index (Phi) is 5.43. The van der Waals surface area contributed by atoms with E-state index in [0.717, 1.165) is 50.4 Å². The van der Waals surface area contributed by atoms with Crippen LogP contribution in [0.15, 0.2) is 36.5 Å². The Bertz CT molecular complexity index is 831. The third-order valence-electron chi connectivity index (χ3n) is 5.67. The molecule has 2 aromatic rings. The SMILES string of the molecule is Cc1ccnn1-c1ccc(C(=O)N2CCN(CC(=O)N3CCCC3)CC2)cc1. The van der Waals surface area contributed by atoms with Gasteiger partial charge in [0.1, 0.15) is 0 Å². The smallest absolute Gasteiger partial charge is 0.253 e. The van der Waals surface area contributed by atoms with Gasteiger partial charge in [-0.1, -0.05) is 0 Å². The highest BCUT2D eigenvalue weighted by Gasteiger charge is 2.25. The number of benzene rings is 1. The molecule has 0 atom stereocenters. The van der Waals surface area contributed by atoms with Crippen molar-refractivity contribution in [2.24, 2.45) is 0 Å². The molecule has 0 spiro atoms. The number of rotatable bonds is 4. The molecule has 2 amide bonds. The van der Waals surface area contributed by atoms with E-state index in [1.165, 1.54) is 0 Å². The van der Waals surface area contributed by atoms with E-state index < -0.39 is 0 Å². The molecule has 7 heteroatoms. The minimum absolute atomic E-state index is 0.0502. The molecule has 4 rings (SSSR count). The summed E-state index contributed by atoms with van der Waals surface area (Å²) in [7, 11) is 0. The normalized spacial score (nSPS) is 17.9. The third kappa shape index (κ3) is 3.94. The first-order chi connectivity index (χ1) is 13.6. The van der Waals surface area contributed by atoms with E-state index in [9.17, 15) is 9.59 Å². The van der Waals surface area contributed by atoms with Crippen LogP contribution in [0.3, 0.4) is 0 Å². The lowest BCUT2D eigenvalue weighted by Crippen LogP contribution is -2.51. The second-order valence-electron chi connectivity index (χ2n) is 7.59. The van der Waals surface area contributed by atoms with Gasteiger partial charge in [0.05, 0.1) is 12.2 Å². The van der Waals surface area contributed by atoms with Crippen LogP contribution < -0.4 is 0 Å². The summed E-state index contributed by atoms with van der Waals surface area (Å²) in [6.45, 7) is 7.07. The van der Waals surface area contributed by atoms with Crippen LogP contribution in [-0.4, -0.2) is 82.1 Å². The van der Waals surface area contributed by atoms with Crippen molar-refractivity contribution >= 4 is 11.8 Å². The highest BCUT2D eigenvalue weighted by atomic mass is 16.2. The number of piperazine rings is 1. The molecule has 0 bridgehead atoms. The Labute approximate surface area is 165 Å². The number of aryl methyl sites for hydroxylation is 1. The van der Waals surface area contributed by atoms with E-state index in [1.807, 2.05) is 51.7 Å². The summed E-state index contributed by atoms with van der Waals surface area (Å²) in [5, 5.41) is 4.30. The number of carbonyl (C=O) groups excluding carboxylic acids is 2. The highest BCUT2D eigenvalue weighted by molar-refractivity contribution is 5.94. The lowest BCUT2D eigenvalue weighted by atomic mass is 10.1. The molecule has 28 heavy (non-hydrogen) atoms. The standard InChI is InChI=1S/C21H27N5O2/c1-17-8-9-22-26(17)19-6-4-18(5-7-19)21(28)25-14-12-23(13-15-25)16-20(27)24-10-2-3-11-24/h4-9H,2-3,10-16H2,1H3. The van der Waals surface area contributed by atoms with Gasteiger partial charge in [-0.15, -0.1) is 0 Å². The zero-order chi connectivity index (χ0) is 19.5. The van der Waals surface area contributed by atoms with Crippen molar-refractivity contribution < 1.29 is 9.59 Å². The second kappa shape index (κ2) is 8.14. The van der Waals surface area contributed by atoms with E-state index in [0.29, 0.717) is 25.2 Å². The first-order valence-electron chi connectivity index (χ1n) is 10.0. The van der Waals surface area contributed by atoms with E-state index in [1.54, 1.807) is 6.20 Å². The van der Waals surface area contributed by atoms with E-state index in [4.69, 9.17) is 0 Å². The van der Waals surface area contributed by atoms with Crippen LogP contribution in [0.25, 0.3) is 5.69 Å². The average molecular weight is 381 g/mol. The van der Waals surface area contributed by atoms with Gasteiger partial charge in [0, 0.05) is 56.7 Å². The molecule has 2 fully saturated rings. The van der Waals surface area contributed by atoms with Crippen molar-refractivity contribution in [3.05, 3.63) is 47.8 Å². The molecule has 0 N–H and O–H groups in total. The monoisotopic (exact) mass is 381 g/mol. The zero-order valence-electron chi connectivity index (χ0n) is 16.4. The number of aromatic nitrogens is 2. The molecule has 0 aliphatic carbocycles. The molecule has 2 aliphatic rings. The third-order valence-corrected chi connectivity index (χ3v) is 5.67. The maximum absolute atomic E-state index is 12.8. The lowest BCUT2D eigenvalue weighted by molar-refractivity contribution is -0.131. The quantitative estimate of drug-likeness (QED) is 0.806. The summed E-state index contributed by atoms with van der Waals surface area (Å²) in [4.78, 5) is 31.1. The molecule has 0 radical (unpaired) electrons. The van der Waals surface area contributed by atoms with Gasteiger partial charge >= 0.3 is 0 Å².